The zero-order chi connectivity index (χ0) is 9.10. The fraction of sp³-hybridized carbons (Fsp3) is 0.750. The summed E-state index contributed by atoms with van der Waals surface area (Å²) in [5, 5.41) is 14.4. The summed E-state index contributed by atoms with van der Waals surface area (Å²) >= 11 is 0. The Balaban J connectivity index is 2.10. The van der Waals surface area contributed by atoms with Crippen LogP contribution in [0.5, 0.6) is 0 Å². The Bertz CT molecular complexity index is 308. The van der Waals surface area contributed by atoms with Crippen molar-refractivity contribution in [3.05, 3.63) is 11.8 Å². The number of hydrogen-bond donors (Lipinski definition) is 2. The molecule has 0 bridgehead atoms. The first-order valence-corrected chi connectivity index (χ1v) is 4.69. The molecule has 1 fully saturated rings. The van der Waals surface area contributed by atoms with E-state index >= 15 is 0 Å². The van der Waals surface area contributed by atoms with Gasteiger partial charge in [0.05, 0.1) is 0 Å². The Morgan fingerprint density at radius 1 is 1.54 bits per heavy atom. The van der Waals surface area contributed by atoms with Crippen LogP contribution in [0.3, 0.4) is 0 Å². The highest BCUT2D eigenvalue weighted by Crippen LogP contribution is 2.10. The maximum atomic E-state index is 7.21. The molecule has 1 aliphatic heterocycles. The van der Waals surface area contributed by atoms with E-state index in [0.717, 1.165) is 13.0 Å². The van der Waals surface area contributed by atoms with Gasteiger partial charge in [0.1, 0.15) is 0 Å². The highest BCUT2D eigenvalue weighted by Gasteiger charge is 2.17. The Morgan fingerprint density at radius 3 is 3.23 bits per heavy atom. The van der Waals surface area contributed by atoms with Gasteiger partial charge in [-0.1, -0.05) is 6.42 Å². The van der Waals surface area contributed by atoms with Crippen LogP contribution in [0.1, 0.15) is 31.8 Å². The zero-order valence-corrected chi connectivity index (χ0v) is 7.49. The van der Waals surface area contributed by atoms with Gasteiger partial charge in [-0.05, 0) is 12.8 Å². The van der Waals surface area contributed by atoms with E-state index < -0.39 is 0 Å². The molecule has 0 aromatic carbocycles. The summed E-state index contributed by atoms with van der Waals surface area (Å²) in [6.07, 6.45) is 6.60. The van der Waals surface area contributed by atoms with E-state index in [1.54, 1.807) is 10.9 Å². The number of hydrogen-bond acceptors (Lipinski definition) is 3. The van der Waals surface area contributed by atoms with Crippen LogP contribution < -0.4 is 20.8 Å². The number of rotatable bonds is 1. The first-order valence-electron chi connectivity index (χ1n) is 4.69. The molecule has 2 rings (SSSR count). The van der Waals surface area contributed by atoms with E-state index in [9.17, 15) is 0 Å². The third-order valence-electron chi connectivity index (χ3n) is 2.34. The minimum Gasteiger partial charge on any atom is -0.487 e. The molecular formula is C8H14N4O. The second kappa shape index (κ2) is 3.74. The van der Waals surface area contributed by atoms with Crippen molar-refractivity contribution < 1.29 is 9.20 Å². The molecule has 0 amide bonds. The molecule has 1 aromatic heterocycles. The third-order valence-corrected chi connectivity index (χ3v) is 2.34. The number of nitrogens with zero attached hydrogens (tertiary/aromatic N) is 2. The number of aromatic nitrogens is 2. The van der Waals surface area contributed by atoms with Crippen molar-refractivity contribution in [3.8, 4) is 0 Å². The molecule has 1 aliphatic rings. The molecule has 13 heavy (non-hydrogen) atoms. The topological polar surface area (TPSA) is 67.0 Å². The first kappa shape index (κ1) is 8.50. The van der Waals surface area contributed by atoms with E-state index in [1.165, 1.54) is 19.3 Å². The Kier molecular flexibility index (Phi) is 2.44. The molecule has 2 heterocycles. The van der Waals surface area contributed by atoms with Gasteiger partial charge in [-0.2, -0.15) is 0 Å². The minimum atomic E-state index is 0.117. The minimum absolute atomic E-state index is 0.117. The van der Waals surface area contributed by atoms with E-state index in [-0.39, 0.29) is 11.7 Å². The average Bonchev–Trinajstić information content (AvgIpc) is 2.43. The average molecular weight is 182 g/mol. The maximum absolute atomic E-state index is 7.21. The van der Waals surface area contributed by atoms with Crippen LogP contribution >= 0.6 is 0 Å². The molecule has 1 aromatic rings. The van der Waals surface area contributed by atoms with Crippen molar-refractivity contribution in [2.75, 3.05) is 6.54 Å². The van der Waals surface area contributed by atoms with Crippen molar-refractivity contribution in [3.63, 3.8) is 0 Å². The SMILES string of the molecule is N=c1c[n+](C2CCCCCN2)[n-]o1. The number of nitrogens with one attached hydrogen (secondary N) is 2. The lowest BCUT2D eigenvalue weighted by molar-refractivity contribution is -0.795. The van der Waals surface area contributed by atoms with Crippen molar-refractivity contribution in [1.82, 2.24) is 10.6 Å². The maximum Gasteiger partial charge on any atom is 0.264 e. The largest absolute Gasteiger partial charge is 0.487 e. The third kappa shape index (κ3) is 1.98. The van der Waals surface area contributed by atoms with Gasteiger partial charge in [0, 0.05) is 13.0 Å². The Labute approximate surface area is 76.2 Å². The highest BCUT2D eigenvalue weighted by molar-refractivity contribution is 4.57. The molecule has 1 unspecified atom stereocenters. The Hall–Kier alpha value is -1.10. The predicted octanol–water partition coefficient (Wildman–Crippen LogP) is -0.334. The van der Waals surface area contributed by atoms with Crippen molar-refractivity contribution in [1.29, 1.82) is 5.41 Å². The lowest BCUT2D eigenvalue weighted by atomic mass is 10.2. The van der Waals surface area contributed by atoms with Crippen LogP contribution in [0.25, 0.3) is 0 Å². The van der Waals surface area contributed by atoms with Crippen molar-refractivity contribution in [2.45, 2.75) is 31.8 Å². The van der Waals surface area contributed by atoms with Crippen LogP contribution in [0, 0.1) is 5.41 Å². The van der Waals surface area contributed by atoms with E-state index in [1.807, 2.05) is 0 Å². The molecular weight excluding hydrogens is 168 g/mol. The monoisotopic (exact) mass is 182 g/mol. The summed E-state index contributed by atoms with van der Waals surface area (Å²) in [7, 11) is 0. The van der Waals surface area contributed by atoms with Crippen molar-refractivity contribution in [2.24, 2.45) is 0 Å². The van der Waals surface area contributed by atoms with Crippen molar-refractivity contribution >= 4 is 0 Å². The van der Waals surface area contributed by atoms with Gasteiger partial charge in [0.25, 0.3) is 5.55 Å². The smallest absolute Gasteiger partial charge is 0.264 e. The molecule has 0 aliphatic carbocycles. The lowest BCUT2D eigenvalue weighted by Crippen LogP contribution is -2.49. The summed E-state index contributed by atoms with van der Waals surface area (Å²) in [5.74, 6) is 0. The molecule has 72 valence electrons. The van der Waals surface area contributed by atoms with Crippen LogP contribution in [-0.2, 0) is 0 Å². The summed E-state index contributed by atoms with van der Waals surface area (Å²) < 4.78 is 6.40. The van der Waals surface area contributed by atoms with Gasteiger partial charge < -0.3 is 4.52 Å². The summed E-state index contributed by atoms with van der Waals surface area (Å²) in [5.41, 5.74) is 0.117. The molecule has 5 heteroatoms. The quantitative estimate of drug-likeness (QED) is 0.584. The Morgan fingerprint density at radius 2 is 2.46 bits per heavy atom. The zero-order valence-electron chi connectivity index (χ0n) is 7.49. The molecule has 0 radical (unpaired) electrons. The second-order valence-electron chi connectivity index (χ2n) is 3.37. The van der Waals surface area contributed by atoms with Crippen LogP contribution in [0.15, 0.2) is 10.7 Å². The highest BCUT2D eigenvalue weighted by atomic mass is 16.5. The summed E-state index contributed by atoms with van der Waals surface area (Å²) in [4.78, 5) is 0. The normalized spacial score (nSPS) is 24.2. The van der Waals surface area contributed by atoms with Crippen LogP contribution in [0.2, 0.25) is 0 Å². The predicted molar refractivity (Wildman–Crippen MR) is 43.6 cm³/mol. The molecule has 0 saturated carbocycles. The van der Waals surface area contributed by atoms with Gasteiger partial charge in [0.2, 0.25) is 12.4 Å². The van der Waals surface area contributed by atoms with Gasteiger partial charge in [0.15, 0.2) is 0 Å². The molecule has 5 nitrogen and oxygen atoms in total. The molecule has 1 atom stereocenters. The molecule has 0 spiro atoms. The van der Waals surface area contributed by atoms with Gasteiger partial charge in [-0.3, -0.25) is 16.0 Å². The van der Waals surface area contributed by atoms with Gasteiger partial charge >= 0.3 is 0 Å². The molecule has 2 N–H and O–H groups in total. The standard InChI is InChI=1S/C8H14N4O/c9-7-6-12(11-13-7)8-4-2-1-3-5-10-8/h6,8-10H,1-5H2. The van der Waals surface area contributed by atoms with Crippen LogP contribution in [0.4, 0.5) is 0 Å². The summed E-state index contributed by atoms with van der Waals surface area (Å²) in [6, 6.07) is 0. The van der Waals surface area contributed by atoms with E-state index in [0.29, 0.717) is 0 Å². The first-order chi connectivity index (χ1) is 6.36. The van der Waals surface area contributed by atoms with Gasteiger partial charge in [-0.25, -0.2) is 4.68 Å². The molecule has 1 saturated heterocycles. The van der Waals surface area contributed by atoms with Crippen LogP contribution in [-0.4, -0.2) is 6.54 Å². The second-order valence-corrected chi connectivity index (χ2v) is 3.37. The fourth-order valence-electron chi connectivity index (χ4n) is 1.64. The van der Waals surface area contributed by atoms with Gasteiger partial charge in [-0.15, -0.1) is 0 Å². The fourth-order valence-corrected chi connectivity index (χ4v) is 1.64. The summed E-state index contributed by atoms with van der Waals surface area (Å²) in [6.45, 7) is 1.03. The lowest BCUT2D eigenvalue weighted by Gasteiger charge is -2.11. The van der Waals surface area contributed by atoms with E-state index in [4.69, 9.17) is 9.93 Å². The van der Waals surface area contributed by atoms with E-state index in [2.05, 4.69) is 10.6 Å².